The summed E-state index contributed by atoms with van der Waals surface area (Å²) in [6.07, 6.45) is 16.3. The topological polar surface area (TPSA) is 0 Å². The van der Waals surface area contributed by atoms with Crippen molar-refractivity contribution in [3.63, 3.8) is 0 Å². The second-order valence-electron chi connectivity index (χ2n) is 12.9. The summed E-state index contributed by atoms with van der Waals surface area (Å²) < 4.78 is 0. The lowest BCUT2D eigenvalue weighted by Crippen LogP contribution is -2.22. The van der Waals surface area contributed by atoms with Gasteiger partial charge in [0.2, 0.25) is 0 Å². The van der Waals surface area contributed by atoms with Crippen LogP contribution in [-0.2, 0) is 6.42 Å². The minimum atomic E-state index is 0.392. The number of allylic oxidation sites excluding steroid dienone is 8. The molecule has 9 rings (SSSR count). The fourth-order valence-corrected chi connectivity index (χ4v) is 8.33. The van der Waals surface area contributed by atoms with Crippen LogP contribution in [0.15, 0.2) is 145 Å². The summed E-state index contributed by atoms with van der Waals surface area (Å²) in [6, 6.07) is 39.1. The van der Waals surface area contributed by atoms with E-state index in [-0.39, 0.29) is 0 Å². The van der Waals surface area contributed by atoms with Gasteiger partial charge in [-0.3, -0.25) is 0 Å². The molecule has 0 N–H and O–H groups in total. The summed E-state index contributed by atoms with van der Waals surface area (Å²) in [5, 5.41) is 2.69. The van der Waals surface area contributed by atoms with Crippen LogP contribution in [0.5, 0.6) is 0 Å². The molecule has 4 aliphatic rings. The van der Waals surface area contributed by atoms with Crippen LogP contribution in [0.3, 0.4) is 0 Å². The van der Waals surface area contributed by atoms with Crippen LogP contribution in [-0.4, -0.2) is 0 Å². The van der Waals surface area contributed by atoms with Gasteiger partial charge in [-0.1, -0.05) is 140 Å². The molecule has 0 saturated heterocycles. The molecule has 0 spiro atoms. The van der Waals surface area contributed by atoms with Gasteiger partial charge in [0.1, 0.15) is 0 Å². The molecule has 0 aromatic heterocycles. The van der Waals surface area contributed by atoms with E-state index >= 15 is 0 Å². The first-order valence-electron chi connectivity index (χ1n) is 15.8. The maximum atomic E-state index is 2.45. The zero-order valence-electron chi connectivity index (χ0n) is 24.5. The zero-order valence-corrected chi connectivity index (χ0v) is 24.5. The minimum Gasteiger partial charge on any atom is -0.0764 e. The fourth-order valence-electron chi connectivity index (χ4n) is 8.33. The molecule has 5 aromatic rings. The molecule has 0 fully saturated rings. The fraction of sp³-hybridized carbons (Fsp3) is 0.163. The van der Waals surface area contributed by atoms with E-state index < -0.39 is 0 Å². The number of rotatable bonds is 2. The van der Waals surface area contributed by atoms with Crippen molar-refractivity contribution < 1.29 is 0 Å². The molecule has 4 atom stereocenters. The van der Waals surface area contributed by atoms with Crippen LogP contribution >= 0.6 is 0 Å². The van der Waals surface area contributed by atoms with Crippen molar-refractivity contribution in [3.8, 4) is 22.3 Å². The maximum Gasteiger partial charge on any atom is 0.0131 e. The van der Waals surface area contributed by atoms with E-state index in [1.54, 1.807) is 0 Å². The van der Waals surface area contributed by atoms with Gasteiger partial charge in [-0.2, -0.15) is 0 Å². The number of hydrogen-bond acceptors (Lipinski definition) is 0. The predicted octanol–water partition coefficient (Wildman–Crippen LogP) is 11.2. The van der Waals surface area contributed by atoms with E-state index in [1.807, 2.05) is 0 Å². The van der Waals surface area contributed by atoms with E-state index in [4.69, 9.17) is 0 Å². The molecule has 0 radical (unpaired) electrons. The highest BCUT2D eigenvalue weighted by Crippen LogP contribution is 2.51. The average molecular weight is 551 g/mol. The summed E-state index contributed by atoms with van der Waals surface area (Å²) >= 11 is 0. The number of fused-ring (bicyclic) bond motifs is 10. The van der Waals surface area contributed by atoms with Gasteiger partial charge < -0.3 is 0 Å². The molecular formula is C43H34. The van der Waals surface area contributed by atoms with Crippen LogP contribution in [0, 0.1) is 5.92 Å². The Bertz CT molecular complexity index is 2040. The van der Waals surface area contributed by atoms with Crippen molar-refractivity contribution in [1.29, 1.82) is 0 Å². The van der Waals surface area contributed by atoms with Gasteiger partial charge in [0.15, 0.2) is 0 Å². The van der Waals surface area contributed by atoms with Crippen molar-refractivity contribution in [1.82, 2.24) is 0 Å². The first-order valence-corrected chi connectivity index (χ1v) is 15.8. The lowest BCUT2D eigenvalue weighted by atomic mass is 9.66. The zero-order chi connectivity index (χ0) is 28.5. The highest BCUT2D eigenvalue weighted by Gasteiger charge is 2.34. The Balaban J connectivity index is 1.05. The SMILES string of the molecule is CC1Cc2ccc(-c3ccc(C4C=CC5=C(C4)c4ccccc4C4C=CC=CC54)cc3)cc2-c2c1ccc1ccccc21. The Morgan fingerprint density at radius 1 is 0.605 bits per heavy atom. The Hall–Kier alpha value is -4.68. The van der Waals surface area contributed by atoms with Crippen LogP contribution in [0.4, 0.5) is 0 Å². The third kappa shape index (κ3) is 3.90. The second kappa shape index (κ2) is 9.68. The Morgan fingerprint density at radius 3 is 2.30 bits per heavy atom. The third-order valence-corrected chi connectivity index (χ3v) is 10.5. The van der Waals surface area contributed by atoms with Gasteiger partial charge in [-0.15, -0.1) is 0 Å². The van der Waals surface area contributed by atoms with Gasteiger partial charge >= 0.3 is 0 Å². The van der Waals surface area contributed by atoms with E-state index in [2.05, 4.69) is 147 Å². The monoisotopic (exact) mass is 550 g/mol. The average Bonchev–Trinajstić information content (AvgIpc) is 3.08. The largest absolute Gasteiger partial charge is 0.0764 e. The molecule has 0 aliphatic heterocycles. The molecule has 206 valence electrons. The summed E-state index contributed by atoms with van der Waals surface area (Å²) in [4.78, 5) is 0. The predicted molar refractivity (Wildman–Crippen MR) is 181 cm³/mol. The molecule has 0 heterocycles. The van der Waals surface area contributed by atoms with E-state index in [9.17, 15) is 0 Å². The first-order chi connectivity index (χ1) is 21.2. The highest BCUT2D eigenvalue weighted by molar-refractivity contribution is 6.00. The third-order valence-electron chi connectivity index (χ3n) is 10.5. The smallest absolute Gasteiger partial charge is 0.0131 e. The lowest BCUT2D eigenvalue weighted by Gasteiger charge is -2.37. The number of benzene rings is 5. The summed E-state index contributed by atoms with van der Waals surface area (Å²) in [5.74, 6) is 1.82. The van der Waals surface area contributed by atoms with Crippen molar-refractivity contribution >= 4 is 16.3 Å². The normalized spacial score (nSPS) is 22.9. The molecule has 5 aromatic carbocycles. The first kappa shape index (κ1) is 24.9. The van der Waals surface area contributed by atoms with Crippen LogP contribution in [0.2, 0.25) is 0 Å². The van der Waals surface area contributed by atoms with Gasteiger partial charge in [-0.05, 0) is 96.8 Å². The summed E-state index contributed by atoms with van der Waals surface area (Å²) in [6.45, 7) is 2.37. The van der Waals surface area contributed by atoms with Crippen LogP contribution < -0.4 is 0 Å². The standard InChI is InChI=1S/C43H34/c1-27-24-33-19-18-31(25-41(33)43-34(27)22-20-30-8-2-3-9-35(30)43)28-14-16-29(17-15-28)32-21-23-40-38-12-5-4-10-36(38)37-11-6-7-13-39(37)42(40)26-32/h2-23,25,27,32,36,38H,24,26H2,1H3. The van der Waals surface area contributed by atoms with Gasteiger partial charge in [0.25, 0.3) is 0 Å². The molecule has 4 unspecified atom stereocenters. The van der Waals surface area contributed by atoms with Gasteiger partial charge in [0, 0.05) is 17.8 Å². The summed E-state index contributed by atoms with van der Waals surface area (Å²) in [5.41, 5.74) is 15.7. The maximum absolute atomic E-state index is 2.45. The minimum absolute atomic E-state index is 0.392. The lowest BCUT2D eigenvalue weighted by molar-refractivity contribution is 0.650. The van der Waals surface area contributed by atoms with Crippen LogP contribution in [0.1, 0.15) is 58.9 Å². The molecule has 0 nitrogen and oxygen atoms in total. The molecule has 43 heavy (non-hydrogen) atoms. The van der Waals surface area contributed by atoms with E-state index in [1.165, 1.54) is 72.0 Å². The highest BCUT2D eigenvalue weighted by atomic mass is 14.4. The Kier molecular flexibility index (Phi) is 5.60. The van der Waals surface area contributed by atoms with Crippen molar-refractivity contribution in [2.75, 3.05) is 0 Å². The Labute approximate surface area is 254 Å². The Morgan fingerprint density at radius 2 is 1.40 bits per heavy atom. The van der Waals surface area contributed by atoms with Crippen LogP contribution in [0.25, 0.3) is 38.6 Å². The molecule has 0 saturated carbocycles. The van der Waals surface area contributed by atoms with E-state index in [0.29, 0.717) is 23.7 Å². The van der Waals surface area contributed by atoms with Crippen molar-refractivity contribution in [3.05, 3.63) is 173 Å². The molecule has 0 bridgehead atoms. The molecular weight excluding hydrogens is 516 g/mol. The number of hydrogen-bond donors (Lipinski definition) is 0. The van der Waals surface area contributed by atoms with Crippen molar-refractivity contribution in [2.45, 2.75) is 37.5 Å². The quantitative estimate of drug-likeness (QED) is 0.205. The van der Waals surface area contributed by atoms with E-state index in [0.717, 1.165) is 12.8 Å². The molecule has 0 heteroatoms. The van der Waals surface area contributed by atoms with Gasteiger partial charge in [0.05, 0.1) is 0 Å². The molecule has 0 amide bonds. The molecule has 4 aliphatic carbocycles. The second-order valence-corrected chi connectivity index (χ2v) is 12.9. The summed E-state index contributed by atoms with van der Waals surface area (Å²) in [7, 11) is 0. The van der Waals surface area contributed by atoms with Gasteiger partial charge in [-0.25, -0.2) is 0 Å². The van der Waals surface area contributed by atoms with Crippen molar-refractivity contribution in [2.24, 2.45) is 5.92 Å².